The number of aryl methyl sites for hydroxylation is 1. The van der Waals surface area contributed by atoms with Crippen LogP contribution < -0.4 is 5.32 Å². The van der Waals surface area contributed by atoms with Gasteiger partial charge in [-0.2, -0.15) is 0 Å². The van der Waals surface area contributed by atoms with Gasteiger partial charge in [0.2, 0.25) is 0 Å². The van der Waals surface area contributed by atoms with Crippen LogP contribution in [0.2, 0.25) is 0 Å². The quantitative estimate of drug-likeness (QED) is 0.838. The smallest absolute Gasteiger partial charge is 0.0579 e. The minimum absolute atomic E-state index is 0.297. The van der Waals surface area contributed by atoms with Crippen molar-refractivity contribution < 1.29 is 0 Å². The Balaban J connectivity index is 2.15. The lowest BCUT2D eigenvalue weighted by atomic mass is 10.1. The van der Waals surface area contributed by atoms with E-state index in [-0.39, 0.29) is 0 Å². The lowest BCUT2D eigenvalue weighted by Gasteiger charge is -2.17. The van der Waals surface area contributed by atoms with Gasteiger partial charge in [0.25, 0.3) is 0 Å². The molecule has 0 aromatic carbocycles. The third kappa shape index (κ3) is 4.41. The van der Waals surface area contributed by atoms with Gasteiger partial charge in [-0.05, 0) is 59.6 Å². The summed E-state index contributed by atoms with van der Waals surface area (Å²) in [5, 5.41) is 5.73. The molecule has 0 aliphatic rings. The molecule has 102 valence electrons. The number of pyridine rings is 1. The average molecular weight is 339 g/mol. The molecule has 1 unspecified atom stereocenters. The molecule has 2 rings (SSSR count). The van der Waals surface area contributed by atoms with E-state index in [2.05, 4.69) is 57.6 Å². The van der Waals surface area contributed by atoms with E-state index in [1.54, 1.807) is 11.3 Å². The fourth-order valence-corrected chi connectivity index (χ4v) is 3.51. The average Bonchev–Trinajstić information content (AvgIpc) is 2.80. The molecule has 2 aromatic heterocycles. The molecule has 1 atom stereocenters. The third-order valence-corrected chi connectivity index (χ3v) is 4.68. The summed E-state index contributed by atoms with van der Waals surface area (Å²) in [6.07, 6.45) is 4.03. The van der Waals surface area contributed by atoms with Gasteiger partial charge < -0.3 is 5.32 Å². The van der Waals surface area contributed by atoms with Gasteiger partial charge in [0.1, 0.15) is 0 Å². The molecule has 0 aliphatic carbocycles. The molecule has 0 spiro atoms. The zero-order chi connectivity index (χ0) is 13.7. The van der Waals surface area contributed by atoms with Crippen molar-refractivity contribution in [3.8, 4) is 0 Å². The maximum absolute atomic E-state index is 4.53. The van der Waals surface area contributed by atoms with Gasteiger partial charge >= 0.3 is 0 Å². The van der Waals surface area contributed by atoms with E-state index < -0.39 is 0 Å². The minimum Gasteiger partial charge on any atom is -0.308 e. The van der Waals surface area contributed by atoms with Gasteiger partial charge in [0.05, 0.1) is 11.7 Å². The number of nitrogens with zero attached hydrogens (tertiary/aromatic N) is 1. The van der Waals surface area contributed by atoms with Crippen LogP contribution in [0.4, 0.5) is 0 Å². The summed E-state index contributed by atoms with van der Waals surface area (Å²) >= 11 is 5.31. The molecule has 0 aliphatic heterocycles. The van der Waals surface area contributed by atoms with Gasteiger partial charge in [0.15, 0.2) is 0 Å². The minimum atomic E-state index is 0.297. The molecule has 0 fully saturated rings. The summed E-state index contributed by atoms with van der Waals surface area (Å²) in [7, 11) is 0. The highest BCUT2D eigenvalue weighted by Gasteiger charge is 2.14. The van der Waals surface area contributed by atoms with Crippen LogP contribution in [-0.2, 0) is 6.42 Å². The number of hydrogen-bond acceptors (Lipinski definition) is 3. The first-order valence-corrected chi connectivity index (χ1v) is 8.25. The van der Waals surface area contributed by atoms with Gasteiger partial charge in [-0.25, -0.2) is 0 Å². The first kappa shape index (κ1) is 14.7. The predicted molar refractivity (Wildman–Crippen MR) is 85.7 cm³/mol. The molecular formula is C15H19BrN2S. The summed E-state index contributed by atoms with van der Waals surface area (Å²) in [6, 6.07) is 6.71. The van der Waals surface area contributed by atoms with Crippen molar-refractivity contribution in [3.05, 3.63) is 50.4 Å². The van der Waals surface area contributed by atoms with Crippen LogP contribution >= 0.6 is 27.3 Å². The van der Waals surface area contributed by atoms with Crippen molar-refractivity contribution in [1.29, 1.82) is 0 Å². The highest BCUT2D eigenvalue weighted by molar-refractivity contribution is 9.10. The van der Waals surface area contributed by atoms with Gasteiger partial charge in [-0.1, -0.05) is 6.92 Å². The molecule has 0 bridgehead atoms. The second-order valence-electron chi connectivity index (χ2n) is 4.70. The monoisotopic (exact) mass is 338 g/mol. The molecule has 2 aromatic rings. The van der Waals surface area contributed by atoms with Crippen LogP contribution in [0.1, 0.15) is 35.5 Å². The zero-order valence-electron chi connectivity index (χ0n) is 11.3. The Kier molecular flexibility index (Phi) is 5.55. The van der Waals surface area contributed by atoms with E-state index >= 15 is 0 Å². The SMILES string of the molecule is CCCNC(Cc1cc(Br)cs1)c1cc(C)ccn1. The fourth-order valence-electron chi connectivity index (χ4n) is 2.01. The van der Waals surface area contributed by atoms with Crippen LogP contribution in [0.5, 0.6) is 0 Å². The van der Waals surface area contributed by atoms with Crippen molar-refractivity contribution in [2.75, 3.05) is 6.54 Å². The van der Waals surface area contributed by atoms with E-state index in [0.29, 0.717) is 6.04 Å². The second-order valence-corrected chi connectivity index (χ2v) is 6.61. The van der Waals surface area contributed by atoms with Crippen LogP contribution in [0, 0.1) is 6.92 Å². The lowest BCUT2D eigenvalue weighted by molar-refractivity contribution is 0.520. The van der Waals surface area contributed by atoms with Gasteiger partial charge in [-0.15, -0.1) is 11.3 Å². The van der Waals surface area contributed by atoms with Crippen molar-refractivity contribution in [2.24, 2.45) is 0 Å². The second kappa shape index (κ2) is 7.17. The Hall–Kier alpha value is -0.710. The van der Waals surface area contributed by atoms with Crippen molar-refractivity contribution >= 4 is 27.3 Å². The summed E-state index contributed by atoms with van der Waals surface area (Å²) < 4.78 is 1.17. The lowest BCUT2D eigenvalue weighted by Crippen LogP contribution is -2.24. The zero-order valence-corrected chi connectivity index (χ0v) is 13.7. The highest BCUT2D eigenvalue weighted by Crippen LogP contribution is 2.25. The number of aromatic nitrogens is 1. The predicted octanol–water partition coefficient (Wildman–Crippen LogP) is 4.50. The summed E-state index contributed by atoms with van der Waals surface area (Å²) in [5.74, 6) is 0. The molecule has 0 saturated carbocycles. The van der Waals surface area contributed by atoms with E-state index in [0.717, 1.165) is 25.1 Å². The third-order valence-electron chi connectivity index (χ3n) is 2.96. The largest absolute Gasteiger partial charge is 0.308 e. The van der Waals surface area contributed by atoms with Crippen LogP contribution in [0.15, 0.2) is 34.2 Å². The molecule has 19 heavy (non-hydrogen) atoms. The number of halogens is 1. The van der Waals surface area contributed by atoms with E-state index in [9.17, 15) is 0 Å². The van der Waals surface area contributed by atoms with Crippen LogP contribution in [0.25, 0.3) is 0 Å². The van der Waals surface area contributed by atoms with Crippen molar-refractivity contribution in [1.82, 2.24) is 10.3 Å². The summed E-state index contributed by atoms with van der Waals surface area (Å²) in [4.78, 5) is 5.90. The Bertz CT molecular complexity index is 524. The number of hydrogen-bond donors (Lipinski definition) is 1. The first-order chi connectivity index (χ1) is 9.19. The van der Waals surface area contributed by atoms with Gasteiger partial charge in [-0.3, -0.25) is 4.98 Å². The van der Waals surface area contributed by atoms with E-state index in [1.165, 1.54) is 14.9 Å². The number of rotatable bonds is 6. The highest BCUT2D eigenvalue weighted by atomic mass is 79.9. The topological polar surface area (TPSA) is 24.9 Å². The normalized spacial score (nSPS) is 12.6. The standard InChI is InChI=1S/C15H19BrN2S/c1-3-5-17-15(9-13-8-12(16)10-19-13)14-7-11(2)4-6-18-14/h4,6-8,10,15,17H,3,5,9H2,1-2H3. The Morgan fingerprint density at radius 1 is 1.42 bits per heavy atom. The summed E-state index contributed by atoms with van der Waals surface area (Å²) in [6.45, 7) is 5.33. The van der Waals surface area contributed by atoms with Crippen LogP contribution in [0.3, 0.4) is 0 Å². The maximum atomic E-state index is 4.53. The molecule has 4 heteroatoms. The molecular weight excluding hydrogens is 320 g/mol. The Morgan fingerprint density at radius 2 is 2.26 bits per heavy atom. The molecule has 0 amide bonds. The van der Waals surface area contributed by atoms with E-state index in [1.807, 2.05) is 12.3 Å². The maximum Gasteiger partial charge on any atom is 0.0579 e. The Morgan fingerprint density at radius 3 is 2.89 bits per heavy atom. The molecule has 0 radical (unpaired) electrons. The number of thiophene rings is 1. The van der Waals surface area contributed by atoms with Crippen molar-refractivity contribution in [3.63, 3.8) is 0 Å². The molecule has 2 nitrogen and oxygen atoms in total. The van der Waals surface area contributed by atoms with E-state index in [4.69, 9.17) is 0 Å². The fraction of sp³-hybridized carbons (Fsp3) is 0.400. The first-order valence-electron chi connectivity index (χ1n) is 6.58. The summed E-state index contributed by atoms with van der Waals surface area (Å²) in [5.41, 5.74) is 2.40. The van der Waals surface area contributed by atoms with Crippen LogP contribution in [-0.4, -0.2) is 11.5 Å². The van der Waals surface area contributed by atoms with Crippen molar-refractivity contribution in [2.45, 2.75) is 32.7 Å². The number of nitrogens with one attached hydrogen (secondary N) is 1. The molecule has 2 heterocycles. The van der Waals surface area contributed by atoms with Gasteiger partial charge in [0, 0.05) is 27.3 Å². The Labute approximate surface area is 127 Å². The molecule has 0 saturated heterocycles. The molecule has 1 N–H and O–H groups in total.